The van der Waals surface area contributed by atoms with Gasteiger partial charge < -0.3 is 19.9 Å². The van der Waals surface area contributed by atoms with Crippen LogP contribution in [0, 0.1) is 0 Å². The number of anilines is 1. The van der Waals surface area contributed by atoms with E-state index in [0.29, 0.717) is 21.7 Å². The second-order valence-electron chi connectivity index (χ2n) is 4.36. The molecule has 0 spiro atoms. The summed E-state index contributed by atoms with van der Waals surface area (Å²) < 4.78 is 11.3. The third-order valence-corrected chi connectivity index (χ3v) is 3.74. The number of nitrogens with one attached hydrogen (secondary N) is 1. The smallest absolute Gasteiger partial charge is 0.277 e. The van der Waals surface area contributed by atoms with Gasteiger partial charge in [0.05, 0.1) is 18.8 Å². The molecule has 7 nitrogen and oxygen atoms in total. The molecule has 0 aromatic heterocycles. The van der Waals surface area contributed by atoms with Gasteiger partial charge >= 0.3 is 0 Å². The van der Waals surface area contributed by atoms with E-state index in [2.05, 4.69) is 21.2 Å². The van der Waals surface area contributed by atoms with Gasteiger partial charge in [-0.2, -0.15) is 0 Å². The highest BCUT2D eigenvalue weighted by Crippen LogP contribution is 2.44. The van der Waals surface area contributed by atoms with Crippen molar-refractivity contribution in [2.45, 2.75) is 0 Å². The summed E-state index contributed by atoms with van der Waals surface area (Å²) in [6, 6.07) is 3.49. The molecular weight excluding hydrogens is 344 g/mol. The molecule has 0 atom stereocenters. The second-order valence-corrected chi connectivity index (χ2v) is 5.21. The van der Waals surface area contributed by atoms with Crippen LogP contribution in [0.4, 0.5) is 5.69 Å². The minimum Gasteiger partial charge on any atom is -0.454 e. The lowest BCUT2D eigenvalue weighted by Gasteiger charge is -2.14. The summed E-state index contributed by atoms with van der Waals surface area (Å²) in [6.07, 6.45) is 1.19. The number of β-amino-alcohol motifs (C(OH)–C–C–N with tert-alkyl or cyclic N) is 1. The number of aliphatic hydroxyl groups excluding tert-OH is 1. The molecule has 2 aliphatic rings. The zero-order valence-corrected chi connectivity index (χ0v) is 12.3. The van der Waals surface area contributed by atoms with Crippen LogP contribution >= 0.6 is 15.9 Å². The number of benzene rings is 1. The topological polar surface area (TPSA) is 88.1 Å². The van der Waals surface area contributed by atoms with E-state index in [-0.39, 0.29) is 25.6 Å². The molecule has 2 N–H and O–H groups in total. The van der Waals surface area contributed by atoms with Crippen molar-refractivity contribution in [3.05, 3.63) is 28.4 Å². The van der Waals surface area contributed by atoms with Crippen molar-refractivity contribution in [3.63, 3.8) is 0 Å². The first-order valence-corrected chi connectivity index (χ1v) is 6.94. The van der Waals surface area contributed by atoms with E-state index in [1.165, 1.54) is 6.08 Å². The number of hydrogen-bond donors (Lipinski definition) is 2. The molecule has 0 bridgehead atoms. The molecule has 110 valence electrons. The van der Waals surface area contributed by atoms with E-state index in [4.69, 9.17) is 14.6 Å². The number of rotatable bonds is 4. The Kier molecular flexibility index (Phi) is 3.56. The van der Waals surface area contributed by atoms with Gasteiger partial charge in [0, 0.05) is 10.5 Å². The lowest BCUT2D eigenvalue weighted by atomic mass is 10.2. The molecule has 3 rings (SSSR count). The molecule has 0 aliphatic carbocycles. The van der Waals surface area contributed by atoms with Gasteiger partial charge in [0.25, 0.3) is 11.8 Å². The van der Waals surface area contributed by atoms with Gasteiger partial charge in [-0.05, 0) is 28.1 Å². The Morgan fingerprint density at radius 2 is 2.14 bits per heavy atom. The van der Waals surface area contributed by atoms with Crippen LogP contribution in [0.2, 0.25) is 0 Å². The van der Waals surface area contributed by atoms with Crippen LogP contribution in [0.1, 0.15) is 0 Å². The normalized spacial score (nSPS) is 16.5. The van der Waals surface area contributed by atoms with Gasteiger partial charge in [0.15, 0.2) is 11.5 Å². The number of hydrogen-bond acceptors (Lipinski definition) is 6. The van der Waals surface area contributed by atoms with Gasteiger partial charge in [-0.25, -0.2) is 0 Å². The molecule has 1 aromatic carbocycles. The summed E-state index contributed by atoms with van der Waals surface area (Å²) >= 11 is 3.36. The Labute approximate surface area is 128 Å². The highest BCUT2D eigenvalue weighted by atomic mass is 79.9. The van der Waals surface area contributed by atoms with Crippen LogP contribution < -0.4 is 14.8 Å². The van der Waals surface area contributed by atoms with Crippen molar-refractivity contribution < 1.29 is 24.2 Å². The van der Waals surface area contributed by atoms with Crippen LogP contribution in [0.25, 0.3) is 0 Å². The van der Waals surface area contributed by atoms with Crippen molar-refractivity contribution in [2.75, 3.05) is 25.3 Å². The van der Waals surface area contributed by atoms with Crippen molar-refractivity contribution in [2.24, 2.45) is 0 Å². The van der Waals surface area contributed by atoms with E-state index in [1.807, 2.05) is 0 Å². The maximum Gasteiger partial charge on any atom is 0.277 e. The summed E-state index contributed by atoms with van der Waals surface area (Å²) in [4.78, 5) is 24.8. The first-order chi connectivity index (χ1) is 10.1. The molecule has 21 heavy (non-hydrogen) atoms. The second kappa shape index (κ2) is 5.38. The Morgan fingerprint density at radius 3 is 2.90 bits per heavy atom. The number of fused-ring (bicyclic) bond motifs is 1. The maximum atomic E-state index is 12.1. The monoisotopic (exact) mass is 354 g/mol. The number of aliphatic hydroxyl groups is 1. The zero-order chi connectivity index (χ0) is 15.0. The quantitative estimate of drug-likeness (QED) is 0.779. The van der Waals surface area contributed by atoms with Gasteiger partial charge in [0.1, 0.15) is 5.70 Å². The number of halogens is 1. The van der Waals surface area contributed by atoms with Gasteiger partial charge in [0.2, 0.25) is 6.79 Å². The molecule has 2 aliphatic heterocycles. The zero-order valence-electron chi connectivity index (χ0n) is 10.8. The van der Waals surface area contributed by atoms with Gasteiger partial charge in [-0.15, -0.1) is 0 Å². The van der Waals surface area contributed by atoms with Crippen molar-refractivity contribution in [1.29, 1.82) is 0 Å². The fraction of sp³-hybridized carbons (Fsp3) is 0.231. The highest BCUT2D eigenvalue weighted by Gasteiger charge is 2.32. The SMILES string of the molecule is O=C1C=C(Nc2c(Br)ccc3c2OCO3)C(=O)N1CCO. The first kappa shape index (κ1) is 13.9. The number of imide groups is 1. The summed E-state index contributed by atoms with van der Waals surface area (Å²) in [5, 5.41) is 11.8. The van der Waals surface area contributed by atoms with E-state index >= 15 is 0 Å². The largest absolute Gasteiger partial charge is 0.454 e. The van der Waals surface area contributed by atoms with E-state index in [0.717, 1.165) is 4.90 Å². The number of nitrogens with zero attached hydrogens (tertiary/aromatic N) is 1. The summed E-state index contributed by atoms with van der Waals surface area (Å²) in [5.74, 6) is 0.0892. The number of amides is 2. The van der Waals surface area contributed by atoms with Crippen LogP contribution in [0.15, 0.2) is 28.4 Å². The molecule has 0 saturated heterocycles. The van der Waals surface area contributed by atoms with Crippen molar-refractivity contribution in [3.8, 4) is 11.5 Å². The summed E-state index contributed by atoms with van der Waals surface area (Å²) in [5.41, 5.74) is 0.640. The average molecular weight is 355 g/mol. The predicted octanol–water partition coefficient (Wildman–Crippen LogP) is 0.835. The van der Waals surface area contributed by atoms with Gasteiger partial charge in [-0.1, -0.05) is 0 Å². The molecule has 0 saturated carbocycles. The standard InChI is InChI=1S/C13H11BrN2O5/c14-7-1-2-9-12(21-6-20-9)11(7)15-8-5-10(18)16(3-4-17)13(8)19/h1-2,5,15,17H,3-4,6H2. The number of carbonyl (C=O) groups is 2. The Balaban J connectivity index is 1.89. The minimum atomic E-state index is -0.488. The van der Waals surface area contributed by atoms with Crippen LogP contribution in [0.3, 0.4) is 0 Å². The molecule has 1 aromatic rings. The van der Waals surface area contributed by atoms with Crippen LogP contribution in [0.5, 0.6) is 11.5 Å². The lowest BCUT2D eigenvalue weighted by Crippen LogP contribution is -2.34. The third-order valence-electron chi connectivity index (χ3n) is 3.08. The van der Waals surface area contributed by atoms with Crippen LogP contribution in [-0.4, -0.2) is 41.8 Å². The fourth-order valence-electron chi connectivity index (χ4n) is 2.11. The molecule has 0 radical (unpaired) electrons. The Bertz CT molecular complexity index is 658. The molecule has 8 heteroatoms. The Morgan fingerprint density at radius 1 is 1.33 bits per heavy atom. The van der Waals surface area contributed by atoms with Crippen LogP contribution in [-0.2, 0) is 9.59 Å². The van der Waals surface area contributed by atoms with E-state index in [9.17, 15) is 9.59 Å². The minimum absolute atomic E-state index is 0.0347. The average Bonchev–Trinajstić information content (AvgIpc) is 3.03. The molecule has 2 heterocycles. The summed E-state index contributed by atoms with van der Waals surface area (Å²) in [6.45, 7) is -0.212. The summed E-state index contributed by atoms with van der Waals surface area (Å²) in [7, 11) is 0. The third kappa shape index (κ3) is 2.36. The molecule has 0 unspecified atom stereocenters. The number of ether oxygens (including phenoxy) is 2. The fourth-order valence-corrected chi connectivity index (χ4v) is 2.52. The number of carbonyl (C=O) groups excluding carboxylic acids is 2. The Hall–Kier alpha value is -2.06. The van der Waals surface area contributed by atoms with E-state index < -0.39 is 11.8 Å². The predicted molar refractivity (Wildman–Crippen MR) is 75.8 cm³/mol. The van der Waals surface area contributed by atoms with Gasteiger partial charge in [-0.3, -0.25) is 14.5 Å². The highest BCUT2D eigenvalue weighted by molar-refractivity contribution is 9.10. The van der Waals surface area contributed by atoms with Crippen molar-refractivity contribution in [1.82, 2.24) is 4.90 Å². The van der Waals surface area contributed by atoms with Crippen molar-refractivity contribution >= 4 is 33.4 Å². The molecule has 0 fully saturated rings. The first-order valence-electron chi connectivity index (χ1n) is 6.15. The molecular formula is C13H11BrN2O5. The maximum absolute atomic E-state index is 12.1. The molecule has 2 amide bonds. The lowest BCUT2D eigenvalue weighted by molar-refractivity contribution is -0.137. The van der Waals surface area contributed by atoms with E-state index in [1.54, 1.807) is 12.1 Å².